The predicted molar refractivity (Wildman–Crippen MR) is 88.3 cm³/mol. The molecule has 4 amide bonds. The highest BCUT2D eigenvalue weighted by atomic mass is 16.2. The Morgan fingerprint density at radius 2 is 1.83 bits per heavy atom. The SMILES string of the molecule is CCN(CC)c1ccc(NC(=O)CC[C@H]2NC(=O)NC2=O)cc1. The van der Waals surface area contributed by atoms with E-state index >= 15 is 0 Å². The molecule has 0 aromatic heterocycles. The zero-order chi connectivity index (χ0) is 16.8. The van der Waals surface area contributed by atoms with Crippen molar-refractivity contribution in [3.63, 3.8) is 0 Å². The lowest BCUT2D eigenvalue weighted by Gasteiger charge is -2.21. The molecule has 0 radical (unpaired) electrons. The van der Waals surface area contributed by atoms with E-state index in [4.69, 9.17) is 0 Å². The second kappa shape index (κ2) is 7.62. The number of anilines is 2. The fraction of sp³-hybridized carbons (Fsp3) is 0.438. The number of nitrogens with zero attached hydrogens (tertiary/aromatic N) is 1. The van der Waals surface area contributed by atoms with Crippen molar-refractivity contribution in [1.29, 1.82) is 0 Å². The number of nitrogens with one attached hydrogen (secondary N) is 3. The van der Waals surface area contributed by atoms with Crippen LogP contribution in [0.3, 0.4) is 0 Å². The molecule has 1 aliphatic rings. The molecular formula is C16H22N4O3. The van der Waals surface area contributed by atoms with Crippen molar-refractivity contribution in [2.75, 3.05) is 23.3 Å². The maximum absolute atomic E-state index is 11.9. The summed E-state index contributed by atoms with van der Waals surface area (Å²) in [5.74, 6) is -0.569. The van der Waals surface area contributed by atoms with Crippen LogP contribution >= 0.6 is 0 Å². The Labute approximate surface area is 135 Å². The lowest BCUT2D eigenvalue weighted by molar-refractivity contribution is -0.120. The van der Waals surface area contributed by atoms with Crippen LogP contribution in [0.4, 0.5) is 16.2 Å². The number of urea groups is 1. The number of carbonyl (C=O) groups is 3. The first-order chi connectivity index (χ1) is 11.0. The van der Waals surface area contributed by atoms with Crippen LogP contribution in [0.2, 0.25) is 0 Å². The highest BCUT2D eigenvalue weighted by molar-refractivity contribution is 6.04. The number of amides is 4. The zero-order valence-electron chi connectivity index (χ0n) is 13.4. The Hall–Kier alpha value is -2.57. The zero-order valence-corrected chi connectivity index (χ0v) is 13.4. The number of carbonyl (C=O) groups excluding carboxylic acids is 3. The van der Waals surface area contributed by atoms with Crippen LogP contribution < -0.4 is 20.9 Å². The summed E-state index contributed by atoms with van der Waals surface area (Å²) in [5, 5.41) is 7.41. The first-order valence-electron chi connectivity index (χ1n) is 7.79. The molecule has 0 bridgehead atoms. The van der Waals surface area contributed by atoms with Crippen molar-refractivity contribution in [2.45, 2.75) is 32.7 Å². The normalized spacial score (nSPS) is 16.7. The summed E-state index contributed by atoms with van der Waals surface area (Å²) in [7, 11) is 0. The van der Waals surface area contributed by atoms with E-state index in [1.54, 1.807) is 0 Å². The average Bonchev–Trinajstić information content (AvgIpc) is 2.86. The second-order valence-electron chi connectivity index (χ2n) is 5.32. The first kappa shape index (κ1) is 16.8. The molecule has 0 spiro atoms. The smallest absolute Gasteiger partial charge is 0.322 e. The van der Waals surface area contributed by atoms with Gasteiger partial charge >= 0.3 is 6.03 Å². The molecule has 2 rings (SSSR count). The molecule has 1 fully saturated rings. The standard InChI is InChI=1S/C16H22N4O3/c1-3-20(4-2)12-7-5-11(6-8-12)17-14(21)10-9-13-15(22)19-16(23)18-13/h5-8,13H,3-4,9-10H2,1-2H3,(H,17,21)(H2,18,19,22,23)/t13-/m1/s1. The van der Waals surface area contributed by atoms with Crippen LogP contribution in [-0.2, 0) is 9.59 Å². The van der Waals surface area contributed by atoms with Crippen LogP contribution in [0.25, 0.3) is 0 Å². The molecule has 1 aromatic rings. The van der Waals surface area contributed by atoms with E-state index in [1.165, 1.54) is 0 Å². The third-order valence-corrected chi connectivity index (χ3v) is 3.80. The van der Waals surface area contributed by atoms with E-state index in [0.29, 0.717) is 5.69 Å². The van der Waals surface area contributed by atoms with Crippen molar-refractivity contribution in [3.8, 4) is 0 Å². The van der Waals surface area contributed by atoms with Gasteiger partial charge in [-0.3, -0.25) is 14.9 Å². The summed E-state index contributed by atoms with van der Waals surface area (Å²) in [6, 6.07) is 6.51. The van der Waals surface area contributed by atoms with Crippen molar-refractivity contribution < 1.29 is 14.4 Å². The van der Waals surface area contributed by atoms with Gasteiger partial charge in [0.25, 0.3) is 5.91 Å². The van der Waals surface area contributed by atoms with Crippen molar-refractivity contribution in [1.82, 2.24) is 10.6 Å². The van der Waals surface area contributed by atoms with E-state index in [0.717, 1.165) is 18.8 Å². The van der Waals surface area contributed by atoms with Crippen molar-refractivity contribution in [2.24, 2.45) is 0 Å². The number of hydrogen-bond acceptors (Lipinski definition) is 4. The van der Waals surface area contributed by atoms with E-state index < -0.39 is 12.1 Å². The quantitative estimate of drug-likeness (QED) is 0.664. The van der Waals surface area contributed by atoms with Gasteiger partial charge in [-0.2, -0.15) is 0 Å². The fourth-order valence-electron chi connectivity index (χ4n) is 2.51. The van der Waals surface area contributed by atoms with Crippen LogP contribution in [0.15, 0.2) is 24.3 Å². The molecule has 1 aliphatic heterocycles. The summed E-state index contributed by atoms with van der Waals surface area (Å²) in [6.07, 6.45) is 0.442. The van der Waals surface area contributed by atoms with Gasteiger partial charge in [-0.05, 0) is 44.5 Å². The van der Waals surface area contributed by atoms with Gasteiger partial charge in [0.2, 0.25) is 5.91 Å². The number of rotatable bonds is 7. The average molecular weight is 318 g/mol. The molecule has 0 unspecified atom stereocenters. The molecule has 0 aliphatic carbocycles. The Bertz CT molecular complexity index is 581. The topological polar surface area (TPSA) is 90.5 Å². The largest absolute Gasteiger partial charge is 0.372 e. The third kappa shape index (κ3) is 4.45. The molecule has 1 saturated heterocycles. The first-order valence-corrected chi connectivity index (χ1v) is 7.79. The summed E-state index contributed by atoms with van der Waals surface area (Å²) in [4.78, 5) is 36.5. The minimum absolute atomic E-state index is 0.163. The monoisotopic (exact) mass is 318 g/mol. The molecular weight excluding hydrogens is 296 g/mol. The van der Waals surface area contributed by atoms with Gasteiger partial charge in [0, 0.05) is 30.9 Å². The predicted octanol–water partition coefficient (Wildman–Crippen LogP) is 1.46. The second-order valence-corrected chi connectivity index (χ2v) is 5.32. The van der Waals surface area contributed by atoms with Crippen LogP contribution in [0.1, 0.15) is 26.7 Å². The molecule has 3 N–H and O–H groups in total. The maximum Gasteiger partial charge on any atom is 0.322 e. The van der Waals surface area contributed by atoms with Gasteiger partial charge in [0.15, 0.2) is 0 Å². The van der Waals surface area contributed by atoms with Crippen molar-refractivity contribution in [3.05, 3.63) is 24.3 Å². The minimum Gasteiger partial charge on any atom is -0.372 e. The van der Waals surface area contributed by atoms with Crippen LogP contribution in [-0.4, -0.2) is 37.0 Å². The van der Waals surface area contributed by atoms with Crippen LogP contribution in [0, 0.1) is 0 Å². The summed E-state index contributed by atoms with van der Waals surface area (Å²) >= 11 is 0. The number of imide groups is 1. The molecule has 7 heteroatoms. The highest BCUT2D eigenvalue weighted by Gasteiger charge is 2.29. The molecule has 0 saturated carbocycles. The Balaban J connectivity index is 1.83. The van der Waals surface area contributed by atoms with E-state index in [-0.39, 0.29) is 24.7 Å². The minimum atomic E-state index is -0.627. The van der Waals surface area contributed by atoms with Gasteiger partial charge in [0.1, 0.15) is 6.04 Å². The van der Waals surface area contributed by atoms with Gasteiger partial charge in [-0.15, -0.1) is 0 Å². The molecule has 124 valence electrons. The third-order valence-electron chi connectivity index (χ3n) is 3.80. The lowest BCUT2D eigenvalue weighted by Crippen LogP contribution is -2.30. The van der Waals surface area contributed by atoms with Gasteiger partial charge in [-0.25, -0.2) is 4.79 Å². The summed E-state index contributed by atoms with van der Waals surface area (Å²) in [5.41, 5.74) is 1.82. The molecule has 1 atom stereocenters. The van der Waals surface area contributed by atoms with Crippen molar-refractivity contribution >= 4 is 29.2 Å². The van der Waals surface area contributed by atoms with E-state index in [2.05, 4.69) is 34.7 Å². The molecule has 23 heavy (non-hydrogen) atoms. The highest BCUT2D eigenvalue weighted by Crippen LogP contribution is 2.18. The Morgan fingerprint density at radius 3 is 2.35 bits per heavy atom. The number of hydrogen-bond donors (Lipinski definition) is 3. The van der Waals surface area contributed by atoms with Crippen LogP contribution in [0.5, 0.6) is 0 Å². The van der Waals surface area contributed by atoms with E-state index in [1.807, 2.05) is 24.3 Å². The fourth-order valence-corrected chi connectivity index (χ4v) is 2.51. The molecule has 1 aromatic carbocycles. The van der Waals surface area contributed by atoms with Gasteiger partial charge in [0.05, 0.1) is 0 Å². The molecule has 1 heterocycles. The Kier molecular flexibility index (Phi) is 5.56. The maximum atomic E-state index is 11.9. The molecule has 7 nitrogen and oxygen atoms in total. The Morgan fingerprint density at radius 1 is 1.17 bits per heavy atom. The van der Waals surface area contributed by atoms with E-state index in [9.17, 15) is 14.4 Å². The summed E-state index contributed by atoms with van der Waals surface area (Å²) < 4.78 is 0. The van der Waals surface area contributed by atoms with Gasteiger partial charge < -0.3 is 15.5 Å². The number of benzene rings is 1. The summed E-state index contributed by atoms with van der Waals surface area (Å²) in [6.45, 7) is 6.04. The van der Waals surface area contributed by atoms with Gasteiger partial charge in [-0.1, -0.05) is 0 Å². The lowest BCUT2D eigenvalue weighted by atomic mass is 10.1.